The van der Waals surface area contributed by atoms with Gasteiger partial charge in [0.05, 0.1) is 18.0 Å². The molecule has 1 atom stereocenters. The monoisotopic (exact) mass is 259 g/mol. The van der Waals surface area contributed by atoms with Gasteiger partial charge in [0.25, 0.3) is 0 Å². The molecule has 5 nitrogen and oxygen atoms in total. The zero-order valence-corrected chi connectivity index (χ0v) is 11.7. The largest absolute Gasteiger partial charge is 0.268 e. The molecule has 1 N–H and O–H groups in total. The number of hydrogen-bond donors (Lipinski definition) is 1. The third-order valence-electron chi connectivity index (χ3n) is 2.33. The van der Waals surface area contributed by atoms with Crippen LogP contribution >= 0.6 is 0 Å². The van der Waals surface area contributed by atoms with Gasteiger partial charge in [0.1, 0.15) is 0 Å². The number of sulfonamides is 1. The third-order valence-corrected chi connectivity index (χ3v) is 4.05. The predicted octanol–water partition coefficient (Wildman–Crippen LogP) is 1.33. The van der Waals surface area contributed by atoms with Crippen LogP contribution in [-0.4, -0.2) is 30.5 Å². The highest BCUT2D eigenvalue weighted by Gasteiger charge is 2.14. The molecule has 17 heavy (non-hydrogen) atoms. The molecule has 0 saturated heterocycles. The van der Waals surface area contributed by atoms with Gasteiger partial charge in [-0.2, -0.15) is 5.10 Å². The lowest BCUT2D eigenvalue weighted by molar-refractivity contribution is 0.477. The van der Waals surface area contributed by atoms with Gasteiger partial charge >= 0.3 is 0 Å². The lowest BCUT2D eigenvalue weighted by Gasteiger charge is -2.14. The maximum absolute atomic E-state index is 11.6. The van der Waals surface area contributed by atoms with Crippen molar-refractivity contribution in [1.29, 1.82) is 0 Å². The highest BCUT2D eigenvalue weighted by molar-refractivity contribution is 7.89. The SMILES string of the molecule is Cc1cnn([C@H](C)CNS(=O)(=O)CC(C)C)c1. The summed E-state index contributed by atoms with van der Waals surface area (Å²) in [6.45, 7) is 8.04. The van der Waals surface area contributed by atoms with Crippen LogP contribution in [0.4, 0.5) is 0 Å². The van der Waals surface area contributed by atoms with Crippen LogP contribution in [-0.2, 0) is 10.0 Å². The molecule has 0 bridgehead atoms. The average Bonchev–Trinajstić information content (AvgIpc) is 2.59. The van der Waals surface area contributed by atoms with Gasteiger partial charge in [-0.25, -0.2) is 13.1 Å². The van der Waals surface area contributed by atoms with Crippen molar-refractivity contribution in [1.82, 2.24) is 14.5 Å². The lowest BCUT2D eigenvalue weighted by atomic mass is 10.3. The van der Waals surface area contributed by atoms with Gasteiger partial charge in [-0.3, -0.25) is 4.68 Å². The van der Waals surface area contributed by atoms with Crippen LogP contribution in [0.15, 0.2) is 12.4 Å². The van der Waals surface area contributed by atoms with Gasteiger partial charge < -0.3 is 0 Å². The van der Waals surface area contributed by atoms with Crippen molar-refractivity contribution in [2.75, 3.05) is 12.3 Å². The fourth-order valence-corrected chi connectivity index (χ4v) is 3.00. The molecule has 0 unspecified atom stereocenters. The molecule has 0 amide bonds. The molecule has 6 heteroatoms. The normalized spacial score (nSPS) is 14.2. The fraction of sp³-hybridized carbons (Fsp3) is 0.727. The maximum atomic E-state index is 11.6. The van der Waals surface area contributed by atoms with Crippen LogP contribution in [0.1, 0.15) is 32.4 Å². The van der Waals surface area contributed by atoms with Gasteiger partial charge in [0.2, 0.25) is 10.0 Å². The van der Waals surface area contributed by atoms with Gasteiger partial charge in [0, 0.05) is 12.7 Å². The summed E-state index contributed by atoms with van der Waals surface area (Å²) in [6, 6.07) is 0.0191. The molecule has 98 valence electrons. The second-order valence-corrected chi connectivity index (χ2v) is 6.72. The molecule has 0 spiro atoms. The average molecular weight is 259 g/mol. The Morgan fingerprint density at radius 1 is 1.41 bits per heavy atom. The number of aryl methyl sites for hydroxylation is 1. The quantitative estimate of drug-likeness (QED) is 0.838. The van der Waals surface area contributed by atoms with E-state index < -0.39 is 10.0 Å². The first-order valence-corrected chi connectivity index (χ1v) is 7.43. The minimum absolute atomic E-state index is 0.0191. The predicted molar refractivity (Wildman–Crippen MR) is 68.3 cm³/mol. The number of rotatable bonds is 6. The molecule has 0 aliphatic carbocycles. The van der Waals surface area contributed by atoms with Gasteiger partial charge in [0.15, 0.2) is 0 Å². The van der Waals surface area contributed by atoms with Gasteiger partial charge in [-0.15, -0.1) is 0 Å². The first-order valence-electron chi connectivity index (χ1n) is 5.78. The second-order valence-electron chi connectivity index (χ2n) is 4.87. The van der Waals surface area contributed by atoms with Crippen molar-refractivity contribution in [3.8, 4) is 0 Å². The highest BCUT2D eigenvalue weighted by Crippen LogP contribution is 2.06. The Morgan fingerprint density at radius 2 is 2.06 bits per heavy atom. The van der Waals surface area contributed by atoms with Crippen molar-refractivity contribution < 1.29 is 8.42 Å². The van der Waals surface area contributed by atoms with Crippen molar-refractivity contribution >= 4 is 10.0 Å². The molecule has 0 saturated carbocycles. The first kappa shape index (κ1) is 14.2. The second kappa shape index (κ2) is 5.64. The smallest absolute Gasteiger partial charge is 0.211 e. The standard InChI is InChI=1S/C11H21N3O2S/c1-9(2)8-17(15,16)13-6-11(4)14-7-10(3)5-12-14/h5,7,9,11,13H,6,8H2,1-4H3/t11-/m1/s1. The van der Waals surface area contributed by atoms with Crippen LogP contribution in [0.25, 0.3) is 0 Å². The number of hydrogen-bond acceptors (Lipinski definition) is 3. The Bertz CT molecular complexity index is 451. The summed E-state index contributed by atoms with van der Waals surface area (Å²) in [6.07, 6.45) is 3.67. The van der Waals surface area contributed by atoms with E-state index in [2.05, 4.69) is 9.82 Å². The third kappa shape index (κ3) is 4.87. The topological polar surface area (TPSA) is 64.0 Å². The Balaban J connectivity index is 2.51. The summed E-state index contributed by atoms with van der Waals surface area (Å²) in [5.41, 5.74) is 1.07. The fourth-order valence-electron chi connectivity index (χ4n) is 1.51. The highest BCUT2D eigenvalue weighted by atomic mass is 32.2. The molecular weight excluding hydrogens is 238 g/mol. The Labute approximate surface area is 103 Å². The van der Waals surface area contributed by atoms with E-state index in [1.807, 2.05) is 33.9 Å². The van der Waals surface area contributed by atoms with Crippen LogP contribution in [0.5, 0.6) is 0 Å². The zero-order chi connectivity index (χ0) is 13.1. The Morgan fingerprint density at radius 3 is 2.53 bits per heavy atom. The molecule has 1 rings (SSSR count). The summed E-state index contributed by atoms with van der Waals surface area (Å²) in [5, 5.41) is 4.16. The molecule has 1 aromatic rings. The number of nitrogens with zero attached hydrogens (tertiary/aromatic N) is 2. The number of aromatic nitrogens is 2. The zero-order valence-electron chi connectivity index (χ0n) is 10.8. The van der Waals surface area contributed by atoms with Crippen LogP contribution in [0.2, 0.25) is 0 Å². The van der Waals surface area contributed by atoms with Crippen molar-refractivity contribution in [2.45, 2.75) is 33.7 Å². The molecule has 0 fully saturated rings. The molecule has 1 heterocycles. The van der Waals surface area contributed by atoms with E-state index in [1.54, 1.807) is 10.9 Å². The molecule has 0 aliphatic rings. The van der Waals surface area contributed by atoms with E-state index in [-0.39, 0.29) is 17.7 Å². The summed E-state index contributed by atoms with van der Waals surface area (Å²) >= 11 is 0. The molecule has 0 radical (unpaired) electrons. The number of nitrogens with one attached hydrogen (secondary N) is 1. The van der Waals surface area contributed by atoms with Crippen molar-refractivity contribution in [3.05, 3.63) is 18.0 Å². The molecule has 0 aliphatic heterocycles. The van der Waals surface area contributed by atoms with E-state index in [0.29, 0.717) is 6.54 Å². The summed E-state index contributed by atoms with van der Waals surface area (Å²) in [7, 11) is -3.17. The van der Waals surface area contributed by atoms with E-state index in [9.17, 15) is 8.42 Å². The Hall–Kier alpha value is -0.880. The van der Waals surface area contributed by atoms with Crippen LogP contribution < -0.4 is 4.72 Å². The maximum Gasteiger partial charge on any atom is 0.211 e. The van der Waals surface area contributed by atoms with E-state index >= 15 is 0 Å². The van der Waals surface area contributed by atoms with E-state index in [4.69, 9.17) is 0 Å². The summed E-state index contributed by atoms with van der Waals surface area (Å²) in [4.78, 5) is 0. The van der Waals surface area contributed by atoms with Crippen LogP contribution in [0, 0.1) is 12.8 Å². The van der Waals surface area contributed by atoms with E-state index in [0.717, 1.165) is 5.56 Å². The van der Waals surface area contributed by atoms with Crippen molar-refractivity contribution in [3.63, 3.8) is 0 Å². The molecule has 1 aromatic heterocycles. The van der Waals surface area contributed by atoms with Crippen molar-refractivity contribution in [2.24, 2.45) is 5.92 Å². The lowest BCUT2D eigenvalue weighted by Crippen LogP contribution is -2.33. The summed E-state index contributed by atoms with van der Waals surface area (Å²) in [5.74, 6) is 0.299. The minimum Gasteiger partial charge on any atom is -0.268 e. The summed E-state index contributed by atoms with van der Waals surface area (Å²) < 4.78 is 27.7. The van der Waals surface area contributed by atoms with Gasteiger partial charge in [-0.05, 0) is 25.3 Å². The first-order chi connectivity index (χ1) is 7.80. The van der Waals surface area contributed by atoms with Gasteiger partial charge in [-0.1, -0.05) is 13.8 Å². The van der Waals surface area contributed by atoms with Crippen LogP contribution in [0.3, 0.4) is 0 Å². The Kier molecular flexibility index (Phi) is 4.70. The van der Waals surface area contributed by atoms with E-state index in [1.165, 1.54) is 0 Å². The minimum atomic E-state index is -3.17. The molecular formula is C11H21N3O2S. The molecule has 0 aromatic carbocycles.